The van der Waals surface area contributed by atoms with Gasteiger partial charge in [0.1, 0.15) is 12.4 Å². The first-order chi connectivity index (χ1) is 20.5. The smallest absolute Gasteiger partial charge is 0.414 e. The number of benzene rings is 2. The van der Waals surface area contributed by atoms with E-state index in [0.29, 0.717) is 35.5 Å². The molecular formula is C32H40N4O6. The summed E-state index contributed by atoms with van der Waals surface area (Å²) in [6.07, 6.45) is 3.71. The van der Waals surface area contributed by atoms with E-state index >= 15 is 0 Å². The van der Waals surface area contributed by atoms with Crippen LogP contribution in [0.1, 0.15) is 31.7 Å². The maximum Gasteiger partial charge on any atom is 0.414 e. The fraction of sp³-hybridized carbons (Fsp3) is 0.469. The van der Waals surface area contributed by atoms with Crippen molar-refractivity contribution in [2.45, 2.75) is 44.9 Å². The third kappa shape index (κ3) is 6.35. The lowest BCUT2D eigenvalue weighted by Crippen LogP contribution is -2.48. The van der Waals surface area contributed by atoms with Crippen molar-refractivity contribution < 1.29 is 28.5 Å². The number of H-pyrrole nitrogens is 1. The number of nitrogens with zero attached hydrogens (tertiary/aromatic N) is 2. The number of hydrogen-bond acceptors (Lipinski definition) is 8. The van der Waals surface area contributed by atoms with Gasteiger partial charge in [-0.2, -0.15) is 0 Å². The molecule has 2 fully saturated rings. The van der Waals surface area contributed by atoms with Crippen LogP contribution in [0.3, 0.4) is 0 Å². The number of methoxy groups -OCH3 is 1. The quantitative estimate of drug-likeness (QED) is 0.262. The van der Waals surface area contributed by atoms with E-state index in [9.17, 15) is 9.90 Å². The molecule has 4 heterocycles. The average molecular weight is 577 g/mol. The Balaban J connectivity index is 0.989. The zero-order valence-corrected chi connectivity index (χ0v) is 24.3. The molecule has 224 valence electrons. The van der Waals surface area contributed by atoms with E-state index < -0.39 is 6.09 Å². The zero-order chi connectivity index (χ0) is 29.1. The van der Waals surface area contributed by atoms with E-state index in [1.54, 1.807) is 19.4 Å². The van der Waals surface area contributed by atoms with Crippen LogP contribution in [-0.4, -0.2) is 84.5 Å². The first-order valence-electron chi connectivity index (χ1n) is 14.9. The first-order valence-corrected chi connectivity index (χ1v) is 14.9. The first kappa shape index (κ1) is 28.4. The van der Waals surface area contributed by atoms with Gasteiger partial charge in [-0.25, -0.2) is 4.79 Å². The zero-order valence-electron chi connectivity index (χ0n) is 24.3. The predicted octanol–water partition coefficient (Wildman–Crippen LogP) is 4.76. The monoisotopic (exact) mass is 576 g/mol. The minimum absolute atomic E-state index is 0.0885. The van der Waals surface area contributed by atoms with E-state index in [-0.39, 0.29) is 12.1 Å². The summed E-state index contributed by atoms with van der Waals surface area (Å²) < 4.78 is 22.9. The normalized spacial score (nSPS) is 20.6. The summed E-state index contributed by atoms with van der Waals surface area (Å²) in [5.41, 5.74) is 2.43. The van der Waals surface area contributed by atoms with Crippen LogP contribution in [0.5, 0.6) is 17.4 Å². The highest BCUT2D eigenvalue weighted by molar-refractivity contribution is 5.89. The number of likely N-dealkylation sites (tertiary alicyclic amines) is 2. The molecule has 2 aromatic heterocycles. The molecule has 2 aliphatic heterocycles. The lowest BCUT2D eigenvalue weighted by atomic mass is 9.97. The number of carbonyl (C=O) groups excluding carboxylic acids is 1. The highest BCUT2D eigenvalue weighted by Gasteiger charge is 2.26. The van der Waals surface area contributed by atoms with Crippen LogP contribution in [-0.2, 0) is 6.61 Å². The molecule has 6 rings (SSSR count). The third-order valence-corrected chi connectivity index (χ3v) is 8.64. The summed E-state index contributed by atoms with van der Waals surface area (Å²) in [6.45, 7) is 8.31. The molecular weight excluding hydrogens is 536 g/mol. The van der Waals surface area contributed by atoms with Gasteiger partial charge in [-0.3, -0.25) is 0 Å². The van der Waals surface area contributed by atoms with E-state index in [1.807, 2.05) is 36.4 Å². The Bertz CT molecular complexity index is 1510. The second kappa shape index (κ2) is 12.6. The largest absolute Gasteiger partial charge is 0.493 e. The summed E-state index contributed by atoms with van der Waals surface area (Å²) in [5, 5.41) is 14.8. The van der Waals surface area contributed by atoms with Crippen molar-refractivity contribution in [3.05, 3.63) is 54.3 Å². The molecule has 0 saturated carbocycles. The number of furan rings is 1. The average Bonchev–Trinajstić information content (AvgIpc) is 3.61. The van der Waals surface area contributed by atoms with Crippen molar-refractivity contribution in [3.8, 4) is 17.4 Å². The Morgan fingerprint density at radius 2 is 1.81 bits per heavy atom. The van der Waals surface area contributed by atoms with E-state index in [2.05, 4.69) is 27.0 Å². The second-order valence-corrected chi connectivity index (χ2v) is 11.5. The number of aromatic amines is 1. The summed E-state index contributed by atoms with van der Waals surface area (Å²) >= 11 is 0. The van der Waals surface area contributed by atoms with Crippen LogP contribution in [0, 0.1) is 5.92 Å². The number of fused-ring (bicyclic) bond motifs is 2. The van der Waals surface area contributed by atoms with Gasteiger partial charge in [0.25, 0.3) is 0 Å². The molecule has 1 amide bonds. The van der Waals surface area contributed by atoms with Gasteiger partial charge >= 0.3 is 6.09 Å². The maximum atomic E-state index is 12.7. The second-order valence-electron chi connectivity index (χ2n) is 11.5. The Kier molecular flexibility index (Phi) is 8.55. The highest BCUT2D eigenvalue weighted by Crippen LogP contribution is 2.33. The van der Waals surface area contributed by atoms with Crippen LogP contribution in [0.15, 0.2) is 53.1 Å². The number of aliphatic hydroxyl groups excluding tert-OH is 1. The molecule has 42 heavy (non-hydrogen) atoms. The molecule has 10 heteroatoms. The molecule has 2 aromatic carbocycles. The molecule has 0 unspecified atom stereocenters. The van der Waals surface area contributed by atoms with Gasteiger partial charge in [0.05, 0.1) is 25.0 Å². The summed E-state index contributed by atoms with van der Waals surface area (Å²) in [5.74, 6) is 2.07. The molecule has 3 N–H and O–H groups in total. The fourth-order valence-electron chi connectivity index (χ4n) is 6.10. The van der Waals surface area contributed by atoms with Crippen LogP contribution < -0.4 is 19.5 Å². The standard InChI is InChI=1S/C32H40N4O6/c1-21-18-36(14-11-27(21)37)16-15-35-12-9-23(10-13-35)33-32(38)42-30-17-25-26(34-30)6-4-7-28(25)40-19-22-20-41-31-24(22)5-3-8-29(31)39-2/h3-8,17,20-21,23,27,34,37H,9-16,18-19H2,1-2H3,(H,33,38)/t21-,27-/m0/s1. The minimum atomic E-state index is -0.456. The van der Waals surface area contributed by atoms with Crippen LogP contribution >= 0.6 is 0 Å². The Hall–Kier alpha value is -3.73. The minimum Gasteiger partial charge on any atom is -0.493 e. The number of piperidine rings is 2. The number of ether oxygens (including phenoxy) is 3. The number of amides is 1. The summed E-state index contributed by atoms with van der Waals surface area (Å²) in [4.78, 5) is 20.8. The molecule has 2 saturated heterocycles. The Morgan fingerprint density at radius 3 is 2.62 bits per heavy atom. The SMILES string of the molecule is COc1cccc2c(COc3cccc4[nH]c(OC(=O)NC5CCN(CCN6CC[C@H](O)[C@@H](C)C6)CC5)cc34)coc12. The number of rotatable bonds is 9. The summed E-state index contributed by atoms with van der Waals surface area (Å²) in [6, 6.07) is 13.4. The van der Waals surface area contributed by atoms with Gasteiger partial charge in [0.2, 0.25) is 5.88 Å². The van der Waals surface area contributed by atoms with Gasteiger partial charge in [-0.05, 0) is 43.4 Å². The summed E-state index contributed by atoms with van der Waals surface area (Å²) in [7, 11) is 1.62. The van der Waals surface area contributed by atoms with Crippen molar-refractivity contribution in [1.82, 2.24) is 20.1 Å². The molecule has 0 radical (unpaired) electrons. The van der Waals surface area contributed by atoms with Crippen molar-refractivity contribution in [1.29, 1.82) is 0 Å². The Morgan fingerprint density at radius 1 is 1.05 bits per heavy atom. The van der Waals surface area contributed by atoms with Crippen molar-refractivity contribution in [2.24, 2.45) is 5.92 Å². The van der Waals surface area contributed by atoms with E-state index in [1.165, 1.54) is 0 Å². The van der Waals surface area contributed by atoms with Crippen LogP contribution in [0.25, 0.3) is 21.9 Å². The van der Waals surface area contributed by atoms with E-state index in [0.717, 1.165) is 80.4 Å². The third-order valence-electron chi connectivity index (χ3n) is 8.64. The molecule has 10 nitrogen and oxygen atoms in total. The molecule has 0 bridgehead atoms. The lowest BCUT2D eigenvalue weighted by Gasteiger charge is -2.37. The van der Waals surface area contributed by atoms with Gasteiger partial charge in [-0.15, -0.1) is 0 Å². The van der Waals surface area contributed by atoms with Crippen molar-refractivity contribution in [3.63, 3.8) is 0 Å². The number of aliphatic hydroxyl groups is 1. The van der Waals surface area contributed by atoms with Gasteiger partial charge in [-0.1, -0.05) is 25.1 Å². The van der Waals surface area contributed by atoms with Gasteiger partial charge in [0.15, 0.2) is 11.3 Å². The molecule has 2 aliphatic rings. The number of aromatic nitrogens is 1. The highest BCUT2D eigenvalue weighted by atomic mass is 16.6. The number of para-hydroxylation sites is 1. The van der Waals surface area contributed by atoms with Gasteiger partial charge < -0.3 is 43.8 Å². The van der Waals surface area contributed by atoms with Crippen LogP contribution in [0.4, 0.5) is 4.79 Å². The molecule has 0 spiro atoms. The van der Waals surface area contributed by atoms with Gasteiger partial charge in [0, 0.05) is 67.7 Å². The lowest BCUT2D eigenvalue weighted by molar-refractivity contribution is 0.0302. The van der Waals surface area contributed by atoms with E-state index in [4.69, 9.17) is 18.6 Å². The molecule has 4 aromatic rings. The predicted molar refractivity (Wildman–Crippen MR) is 160 cm³/mol. The topological polar surface area (TPSA) is 112 Å². The molecule has 2 atom stereocenters. The number of carbonyl (C=O) groups is 1. The number of hydrogen-bond donors (Lipinski definition) is 3. The molecule has 0 aliphatic carbocycles. The fourth-order valence-corrected chi connectivity index (χ4v) is 6.10. The number of nitrogens with one attached hydrogen (secondary N) is 2. The Labute approximate surface area is 245 Å². The van der Waals surface area contributed by atoms with Crippen LogP contribution in [0.2, 0.25) is 0 Å². The van der Waals surface area contributed by atoms with Crippen molar-refractivity contribution >= 4 is 28.0 Å². The van der Waals surface area contributed by atoms with Crippen molar-refractivity contribution in [2.75, 3.05) is 46.4 Å². The maximum absolute atomic E-state index is 12.7.